The first-order valence-electron chi connectivity index (χ1n) is 4.10. The zero-order valence-electron chi connectivity index (χ0n) is 7.42. The van der Waals surface area contributed by atoms with Crippen LogP contribution < -0.4 is 0 Å². The van der Waals surface area contributed by atoms with Gasteiger partial charge in [0.25, 0.3) is 0 Å². The highest BCUT2D eigenvalue weighted by Crippen LogP contribution is 2.05. The van der Waals surface area contributed by atoms with Crippen molar-refractivity contribution >= 4 is 0 Å². The molecule has 0 aromatic carbocycles. The summed E-state index contributed by atoms with van der Waals surface area (Å²) in [4.78, 5) is 2.19. The van der Waals surface area contributed by atoms with Crippen molar-refractivity contribution in [2.24, 2.45) is 0 Å². The molecule has 3 nitrogen and oxygen atoms in total. The van der Waals surface area contributed by atoms with Crippen molar-refractivity contribution < 1.29 is 4.74 Å². The van der Waals surface area contributed by atoms with Gasteiger partial charge < -0.3 is 4.74 Å². The van der Waals surface area contributed by atoms with E-state index in [1.165, 1.54) is 0 Å². The van der Waals surface area contributed by atoms with Crippen molar-refractivity contribution in [1.29, 1.82) is 5.26 Å². The molecule has 1 aliphatic heterocycles. The van der Waals surface area contributed by atoms with Crippen LogP contribution in [-0.2, 0) is 4.74 Å². The van der Waals surface area contributed by atoms with Crippen molar-refractivity contribution in [1.82, 2.24) is 4.90 Å². The molecule has 0 N–H and O–H groups in total. The normalized spacial score (nSPS) is 24.8. The third-order valence-electron chi connectivity index (χ3n) is 1.79. The molecule has 0 saturated carbocycles. The summed E-state index contributed by atoms with van der Waals surface area (Å²) in [5.74, 6) is 0. The van der Waals surface area contributed by atoms with Gasteiger partial charge in [0.15, 0.2) is 6.10 Å². The minimum Gasteiger partial charge on any atom is -0.361 e. The van der Waals surface area contributed by atoms with Crippen molar-refractivity contribution in [3.63, 3.8) is 0 Å². The van der Waals surface area contributed by atoms with E-state index >= 15 is 0 Å². The second-order valence-corrected chi connectivity index (χ2v) is 3.18. The fourth-order valence-corrected chi connectivity index (χ4v) is 1.31. The fourth-order valence-electron chi connectivity index (χ4n) is 1.31. The predicted molar refractivity (Wildman–Crippen MR) is 46.6 cm³/mol. The molecule has 1 unspecified atom stereocenters. The van der Waals surface area contributed by atoms with Gasteiger partial charge in [0.2, 0.25) is 0 Å². The van der Waals surface area contributed by atoms with Gasteiger partial charge in [-0.2, -0.15) is 5.26 Å². The van der Waals surface area contributed by atoms with Gasteiger partial charge in [-0.1, -0.05) is 12.2 Å². The van der Waals surface area contributed by atoms with Crippen LogP contribution in [0.3, 0.4) is 0 Å². The Morgan fingerprint density at radius 3 is 3.17 bits per heavy atom. The summed E-state index contributed by atoms with van der Waals surface area (Å²) in [6.45, 7) is 8.99. The van der Waals surface area contributed by atoms with E-state index < -0.39 is 0 Å². The Morgan fingerprint density at radius 2 is 2.58 bits per heavy atom. The standard InChI is InChI=1S/C9H14N2O/c1-8(2)6-11-3-4-12-9(5-10)7-11/h9H,1,3-4,6-7H2,2H3. The lowest BCUT2D eigenvalue weighted by Crippen LogP contribution is -2.42. The first kappa shape index (κ1) is 9.24. The number of ether oxygens (including phenoxy) is 1. The van der Waals surface area contributed by atoms with Crippen molar-refractivity contribution in [2.75, 3.05) is 26.2 Å². The van der Waals surface area contributed by atoms with Gasteiger partial charge in [-0.25, -0.2) is 0 Å². The topological polar surface area (TPSA) is 36.3 Å². The molecule has 66 valence electrons. The molecule has 0 aromatic rings. The first-order valence-corrected chi connectivity index (χ1v) is 4.10. The summed E-state index contributed by atoms with van der Waals surface area (Å²) in [7, 11) is 0. The molecule has 1 atom stereocenters. The Morgan fingerprint density at radius 1 is 1.83 bits per heavy atom. The molecule has 1 heterocycles. The van der Waals surface area contributed by atoms with Crippen LogP contribution in [-0.4, -0.2) is 37.2 Å². The largest absolute Gasteiger partial charge is 0.361 e. The van der Waals surface area contributed by atoms with Gasteiger partial charge in [0, 0.05) is 19.6 Å². The molecule has 0 aliphatic carbocycles. The maximum atomic E-state index is 8.62. The molecule has 12 heavy (non-hydrogen) atoms. The third-order valence-corrected chi connectivity index (χ3v) is 1.79. The molecule has 3 heteroatoms. The lowest BCUT2D eigenvalue weighted by Gasteiger charge is -2.29. The van der Waals surface area contributed by atoms with E-state index in [9.17, 15) is 0 Å². The summed E-state index contributed by atoms with van der Waals surface area (Å²) in [5.41, 5.74) is 1.13. The van der Waals surface area contributed by atoms with Crippen LogP contribution in [0.25, 0.3) is 0 Å². The number of hydrogen-bond acceptors (Lipinski definition) is 3. The highest BCUT2D eigenvalue weighted by molar-refractivity contribution is 4.96. The number of morpholine rings is 1. The van der Waals surface area contributed by atoms with Crippen molar-refractivity contribution in [2.45, 2.75) is 13.0 Å². The molecule has 0 spiro atoms. The Labute approximate surface area is 73.2 Å². The molecule has 0 bridgehead atoms. The van der Waals surface area contributed by atoms with E-state index in [4.69, 9.17) is 10.00 Å². The van der Waals surface area contributed by atoms with Crippen LogP contribution in [0.2, 0.25) is 0 Å². The second kappa shape index (κ2) is 4.24. The molecule has 0 radical (unpaired) electrons. The minimum atomic E-state index is -0.252. The zero-order valence-corrected chi connectivity index (χ0v) is 7.42. The second-order valence-electron chi connectivity index (χ2n) is 3.18. The van der Waals surface area contributed by atoms with E-state index in [2.05, 4.69) is 17.5 Å². The summed E-state index contributed by atoms with van der Waals surface area (Å²) in [6.07, 6.45) is -0.252. The summed E-state index contributed by atoms with van der Waals surface area (Å²) >= 11 is 0. The number of nitrogens with zero attached hydrogens (tertiary/aromatic N) is 2. The Hall–Kier alpha value is -0.850. The summed E-state index contributed by atoms with van der Waals surface area (Å²) in [6, 6.07) is 2.11. The fraction of sp³-hybridized carbons (Fsp3) is 0.667. The van der Waals surface area contributed by atoms with Gasteiger partial charge >= 0.3 is 0 Å². The molecular formula is C9H14N2O. The summed E-state index contributed by atoms with van der Waals surface area (Å²) in [5, 5.41) is 8.62. The molecule has 1 saturated heterocycles. The van der Waals surface area contributed by atoms with Crippen molar-refractivity contribution in [3.05, 3.63) is 12.2 Å². The summed E-state index contributed by atoms with van der Waals surface area (Å²) < 4.78 is 5.21. The van der Waals surface area contributed by atoms with Crippen LogP contribution in [0.15, 0.2) is 12.2 Å². The maximum Gasteiger partial charge on any atom is 0.156 e. The van der Waals surface area contributed by atoms with Gasteiger partial charge in [-0.3, -0.25) is 4.90 Å². The monoisotopic (exact) mass is 166 g/mol. The van der Waals surface area contributed by atoms with E-state index in [0.717, 1.165) is 18.7 Å². The molecule has 1 fully saturated rings. The average Bonchev–Trinajstić information content (AvgIpc) is 2.03. The Bertz CT molecular complexity index is 207. The highest BCUT2D eigenvalue weighted by Gasteiger charge is 2.18. The van der Waals surface area contributed by atoms with Crippen molar-refractivity contribution in [3.8, 4) is 6.07 Å². The molecular weight excluding hydrogens is 152 g/mol. The molecule has 1 aliphatic rings. The van der Waals surface area contributed by atoms with Gasteiger partial charge in [0.1, 0.15) is 0 Å². The first-order chi connectivity index (χ1) is 5.72. The number of hydrogen-bond donors (Lipinski definition) is 0. The third kappa shape index (κ3) is 2.65. The van der Waals surface area contributed by atoms with Crippen LogP contribution in [0.5, 0.6) is 0 Å². The van der Waals surface area contributed by atoms with Crippen LogP contribution in [0, 0.1) is 11.3 Å². The zero-order chi connectivity index (χ0) is 8.97. The Balaban J connectivity index is 2.36. The number of rotatable bonds is 2. The van der Waals surface area contributed by atoms with Gasteiger partial charge in [-0.05, 0) is 6.92 Å². The van der Waals surface area contributed by atoms with Crippen LogP contribution >= 0.6 is 0 Å². The average molecular weight is 166 g/mol. The lowest BCUT2D eigenvalue weighted by atomic mass is 10.2. The van der Waals surface area contributed by atoms with E-state index in [0.29, 0.717) is 13.2 Å². The van der Waals surface area contributed by atoms with Crippen LogP contribution in [0.4, 0.5) is 0 Å². The maximum absolute atomic E-state index is 8.62. The molecule has 0 amide bonds. The minimum absolute atomic E-state index is 0.252. The van der Waals surface area contributed by atoms with Gasteiger partial charge in [-0.15, -0.1) is 0 Å². The highest BCUT2D eigenvalue weighted by atomic mass is 16.5. The Kier molecular flexibility index (Phi) is 3.27. The van der Waals surface area contributed by atoms with Crippen LogP contribution in [0.1, 0.15) is 6.92 Å². The van der Waals surface area contributed by atoms with E-state index in [1.807, 2.05) is 6.92 Å². The lowest BCUT2D eigenvalue weighted by molar-refractivity contribution is 0.00426. The molecule has 0 aromatic heterocycles. The van der Waals surface area contributed by atoms with E-state index in [-0.39, 0.29) is 6.10 Å². The number of nitriles is 1. The molecule has 1 rings (SSSR count). The van der Waals surface area contributed by atoms with E-state index in [1.54, 1.807) is 0 Å². The van der Waals surface area contributed by atoms with Gasteiger partial charge in [0.05, 0.1) is 12.7 Å². The quantitative estimate of drug-likeness (QED) is 0.569. The smallest absolute Gasteiger partial charge is 0.156 e. The predicted octanol–water partition coefficient (Wildman–Crippen LogP) is 0.787. The SMILES string of the molecule is C=C(C)CN1CCOC(C#N)C1.